The molecule has 0 aliphatic heterocycles. The normalized spacial score (nSPS) is 9.83. The summed E-state index contributed by atoms with van der Waals surface area (Å²) in [6.07, 6.45) is 4.64. The summed E-state index contributed by atoms with van der Waals surface area (Å²) >= 11 is 0. The van der Waals surface area contributed by atoms with Crippen LogP contribution in [0.5, 0.6) is 0 Å². The maximum atomic E-state index is 11.3. The number of rotatable bonds is 3. The van der Waals surface area contributed by atoms with Crippen LogP contribution in [0.1, 0.15) is 23.7 Å². The van der Waals surface area contributed by atoms with Gasteiger partial charge in [0.05, 0.1) is 5.56 Å². The molecule has 0 radical (unpaired) electrons. The maximum absolute atomic E-state index is 11.3. The topological polar surface area (TPSA) is 34.0 Å². The lowest BCUT2D eigenvalue weighted by molar-refractivity contribution is 0.0953. The van der Waals surface area contributed by atoms with E-state index in [1.54, 1.807) is 0 Å². The van der Waals surface area contributed by atoms with Crippen LogP contribution < -0.4 is 5.32 Å². The van der Waals surface area contributed by atoms with Gasteiger partial charge in [0.15, 0.2) is 0 Å². The van der Waals surface area contributed by atoms with Gasteiger partial charge in [-0.15, -0.1) is 0 Å². The fourth-order valence-electron chi connectivity index (χ4n) is 0.978. The Hall–Kier alpha value is -1.25. The monoisotopic (exact) mass is 166 g/mol. The summed E-state index contributed by atoms with van der Waals surface area (Å²) in [6, 6.07) is 1.81. The predicted octanol–water partition coefficient (Wildman–Crippen LogP) is 1.16. The van der Waals surface area contributed by atoms with Gasteiger partial charge in [0.25, 0.3) is 5.91 Å². The molecule has 1 amide bonds. The Morgan fingerprint density at radius 3 is 2.92 bits per heavy atom. The van der Waals surface area contributed by atoms with Gasteiger partial charge in [-0.1, -0.05) is 6.92 Å². The van der Waals surface area contributed by atoms with Crippen LogP contribution in [-0.2, 0) is 7.05 Å². The van der Waals surface area contributed by atoms with E-state index in [1.165, 1.54) is 0 Å². The summed E-state index contributed by atoms with van der Waals surface area (Å²) in [6.45, 7) is 2.78. The summed E-state index contributed by atoms with van der Waals surface area (Å²) in [7, 11) is 1.90. The molecule has 1 heterocycles. The van der Waals surface area contributed by atoms with E-state index in [9.17, 15) is 4.79 Å². The Balaban J connectivity index is 2.53. The summed E-state index contributed by atoms with van der Waals surface area (Å²) in [5.74, 6) is 0.0115. The van der Waals surface area contributed by atoms with Crippen molar-refractivity contribution < 1.29 is 4.79 Å². The smallest absolute Gasteiger partial charge is 0.252 e. The molecular weight excluding hydrogens is 152 g/mol. The van der Waals surface area contributed by atoms with Gasteiger partial charge in [0.1, 0.15) is 0 Å². The van der Waals surface area contributed by atoms with E-state index in [-0.39, 0.29) is 5.91 Å². The highest BCUT2D eigenvalue weighted by molar-refractivity contribution is 5.93. The van der Waals surface area contributed by atoms with Gasteiger partial charge in [-0.3, -0.25) is 4.79 Å². The van der Waals surface area contributed by atoms with E-state index >= 15 is 0 Å². The van der Waals surface area contributed by atoms with Crippen molar-refractivity contribution in [1.29, 1.82) is 0 Å². The highest BCUT2D eigenvalue weighted by Crippen LogP contribution is 1.98. The fourth-order valence-corrected chi connectivity index (χ4v) is 0.978. The SMILES string of the molecule is CCCNC(=O)c1ccn(C)c1. The third kappa shape index (κ3) is 2.12. The molecule has 1 rings (SSSR count). The molecule has 3 heteroatoms. The Bertz CT molecular complexity index is 265. The highest BCUT2D eigenvalue weighted by Gasteiger charge is 2.03. The molecule has 0 aliphatic rings. The summed E-state index contributed by atoms with van der Waals surface area (Å²) in [5, 5.41) is 2.81. The van der Waals surface area contributed by atoms with Crippen molar-refractivity contribution in [1.82, 2.24) is 9.88 Å². The Kier molecular flexibility index (Phi) is 2.91. The molecule has 0 unspecified atom stereocenters. The zero-order chi connectivity index (χ0) is 8.97. The number of nitrogens with zero attached hydrogens (tertiary/aromatic N) is 1. The van der Waals surface area contributed by atoms with Crippen molar-refractivity contribution in [2.24, 2.45) is 7.05 Å². The first-order chi connectivity index (χ1) is 5.74. The van der Waals surface area contributed by atoms with E-state index in [2.05, 4.69) is 5.32 Å². The molecule has 0 atom stereocenters. The highest BCUT2D eigenvalue weighted by atomic mass is 16.1. The first-order valence-electron chi connectivity index (χ1n) is 4.14. The van der Waals surface area contributed by atoms with E-state index in [0.29, 0.717) is 0 Å². The van der Waals surface area contributed by atoms with Crippen LogP contribution in [0.2, 0.25) is 0 Å². The van der Waals surface area contributed by atoms with E-state index < -0.39 is 0 Å². The van der Waals surface area contributed by atoms with Gasteiger partial charge in [-0.25, -0.2) is 0 Å². The Morgan fingerprint density at radius 2 is 2.42 bits per heavy atom. The maximum Gasteiger partial charge on any atom is 0.252 e. The molecule has 0 saturated carbocycles. The number of aromatic nitrogens is 1. The fraction of sp³-hybridized carbons (Fsp3) is 0.444. The van der Waals surface area contributed by atoms with E-state index in [1.807, 2.05) is 37.0 Å². The molecule has 0 fully saturated rings. The van der Waals surface area contributed by atoms with Gasteiger partial charge < -0.3 is 9.88 Å². The minimum atomic E-state index is 0.0115. The van der Waals surface area contributed by atoms with Crippen LogP contribution in [0.15, 0.2) is 18.5 Å². The van der Waals surface area contributed by atoms with Crippen molar-refractivity contribution in [3.8, 4) is 0 Å². The molecule has 0 spiro atoms. The van der Waals surface area contributed by atoms with Gasteiger partial charge in [0, 0.05) is 26.0 Å². The average Bonchev–Trinajstić information content (AvgIpc) is 2.47. The molecule has 12 heavy (non-hydrogen) atoms. The minimum absolute atomic E-state index is 0.0115. The van der Waals surface area contributed by atoms with Gasteiger partial charge in [-0.2, -0.15) is 0 Å². The average molecular weight is 166 g/mol. The zero-order valence-corrected chi connectivity index (χ0v) is 7.50. The summed E-state index contributed by atoms with van der Waals surface area (Å²) in [4.78, 5) is 11.3. The molecule has 1 aromatic rings. The Labute approximate surface area is 72.4 Å². The number of nitrogens with one attached hydrogen (secondary N) is 1. The van der Waals surface area contributed by atoms with Crippen molar-refractivity contribution in [3.63, 3.8) is 0 Å². The van der Waals surface area contributed by atoms with E-state index in [4.69, 9.17) is 0 Å². The molecule has 1 aromatic heterocycles. The second-order valence-electron chi connectivity index (χ2n) is 2.82. The zero-order valence-electron chi connectivity index (χ0n) is 7.50. The van der Waals surface area contributed by atoms with E-state index in [0.717, 1.165) is 18.5 Å². The Morgan fingerprint density at radius 1 is 1.67 bits per heavy atom. The number of carbonyl (C=O) groups excluding carboxylic acids is 1. The molecule has 0 aliphatic carbocycles. The van der Waals surface area contributed by atoms with Crippen molar-refractivity contribution in [3.05, 3.63) is 24.0 Å². The van der Waals surface area contributed by atoms with Crippen LogP contribution in [0.3, 0.4) is 0 Å². The molecule has 3 nitrogen and oxygen atoms in total. The van der Waals surface area contributed by atoms with Gasteiger partial charge in [-0.05, 0) is 12.5 Å². The summed E-state index contributed by atoms with van der Waals surface area (Å²) in [5.41, 5.74) is 0.728. The predicted molar refractivity (Wildman–Crippen MR) is 48.0 cm³/mol. The molecule has 0 saturated heterocycles. The molecule has 1 N–H and O–H groups in total. The molecule has 66 valence electrons. The number of hydrogen-bond acceptors (Lipinski definition) is 1. The first kappa shape index (κ1) is 8.84. The lowest BCUT2D eigenvalue weighted by Gasteiger charge is -1.99. The van der Waals surface area contributed by atoms with Gasteiger partial charge in [0.2, 0.25) is 0 Å². The van der Waals surface area contributed by atoms with Crippen LogP contribution in [0.4, 0.5) is 0 Å². The largest absolute Gasteiger partial charge is 0.356 e. The van der Waals surface area contributed by atoms with Crippen LogP contribution in [0, 0.1) is 0 Å². The quantitative estimate of drug-likeness (QED) is 0.718. The third-order valence-electron chi connectivity index (χ3n) is 1.63. The lowest BCUT2D eigenvalue weighted by Crippen LogP contribution is -2.23. The molecular formula is C9H14N2O. The third-order valence-corrected chi connectivity index (χ3v) is 1.63. The first-order valence-corrected chi connectivity index (χ1v) is 4.14. The van der Waals surface area contributed by atoms with Crippen LogP contribution >= 0.6 is 0 Å². The minimum Gasteiger partial charge on any atom is -0.356 e. The number of amides is 1. The standard InChI is InChI=1S/C9H14N2O/c1-3-5-10-9(12)8-4-6-11(2)7-8/h4,6-7H,3,5H2,1-2H3,(H,10,12). The second-order valence-corrected chi connectivity index (χ2v) is 2.82. The van der Waals surface area contributed by atoms with Crippen molar-refractivity contribution in [2.45, 2.75) is 13.3 Å². The second kappa shape index (κ2) is 3.95. The lowest BCUT2D eigenvalue weighted by atomic mass is 10.3. The number of aryl methyl sites for hydroxylation is 1. The number of hydrogen-bond donors (Lipinski definition) is 1. The molecule has 0 bridgehead atoms. The summed E-state index contributed by atoms with van der Waals surface area (Å²) < 4.78 is 1.86. The van der Waals surface area contributed by atoms with Crippen molar-refractivity contribution >= 4 is 5.91 Å². The van der Waals surface area contributed by atoms with Crippen LogP contribution in [-0.4, -0.2) is 17.0 Å². The van der Waals surface area contributed by atoms with Crippen molar-refractivity contribution in [2.75, 3.05) is 6.54 Å². The molecule has 0 aromatic carbocycles. The van der Waals surface area contributed by atoms with Gasteiger partial charge >= 0.3 is 0 Å². The number of carbonyl (C=O) groups is 1. The van der Waals surface area contributed by atoms with Crippen LogP contribution in [0.25, 0.3) is 0 Å².